The summed E-state index contributed by atoms with van der Waals surface area (Å²) in [5.41, 5.74) is 7.01. The van der Waals surface area contributed by atoms with Crippen molar-refractivity contribution in [3.63, 3.8) is 0 Å². The zero-order valence-corrected chi connectivity index (χ0v) is 12.8. The summed E-state index contributed by atoms with van der Waals surface area (Å²) in [7, 11) is 3.39. The van der Waals surface area contributed by atoms with Crippen molar-refractivity contribution < 1.29 is 9.47 Å². The van der Waals surface area contributed by atoms with Crippen LogP contribution in [0.1, 0.15) is 26.2 Å². The maximum atomic E-state index is 5.85. The summed E-state index contributed by atoms with van der Waals surface area (Å²) < 4.78 is 10.7. The van der Waals surface area contributed by atoms with Gasteiger partial charge in [-0.2, -0.15) is 0 Å². The summed E-state index contributed by atoms with van der Waals surface area (Å²) >= 11 is 0. The number of anilines is 1. The van der Waals surface area contributed by atoms with Crippen LogP contribution in [0.4, 0.5) is 5.69 Å². The number of hydrogen-bond donors (Lipinski definition) is 1. The number of hydrogen-bond acceptors (Lipinski definition) is 4. The van der Waals surface area contributed by atoms with Crippen molar-refractivity contribution in [3.8, 4) is 11.5 Å². The van der Waals surface area contributed by atoms with Gasteiger partial charge in [-0.05, 0) is 44.2 Å². The Kier molecular flexibility index (Phi) is 5.12. The van der Waals surface area contributed by atoms with E-state index in [0.717, 1.165) is 42.6 Å². The predicted molar refractivity (Wildman–Crippen MR) is 82.7 cm³/mol. The van der Waals surface area contributed by atoms with Gasteiger partial charge in [0, 0.05) is 25.2 Å². The number of rotatable bonds is 6. The van der Waals surface area contributed by atoms with E-state index in [9.17, 15) is 0 Å². The van der Waals surface area contributed by atoms with Crippen LogP contribution in [0.5, 0.6) is 11.5 Å². The fourth-order valence-corrected chi connectivity index (χ4v) is 2.83. The number of nitrogens with two attached hydrogens (primary N) is 1. The van der Waals surface area contributed by atoms with Crippen LogP contribution in [-0.2, 0) is 0 Å². The molecule has 1 aliphatic rings. The van der Waals surface area contributed by atoms with Gasteiger partial charge in [0.05, 0.1) is 19.9 Å². The normalized spacial score (nSPS) is 20.0. The zero-order chi connectivity index (χ0) is 14.5. The van der Waals surface area contributed by atoms with Crippen LogP contribution in [0, 0.1) is 5.92 Å². The van der Waals surface area contributed by atoms with Crippen molar-refractivity contribution in [2.24, 2.45) is 11.7 Å². The van der Waals surface area contributed by atoms with E-state index in [2.05, 4.69) is 17.9 Å². The molecule has 0 amide bonds. The van der Waals surface area contributed by atoms with Gasteiger partial charge in [0.25, 0.3) is 0 Å². The quantitative estimate of drug-likeness (QED) is 0.869. The first kappa shape index (κ1) is 15.0. The molecule has 20 heavy (non-hydrogen) atoms. The first-order chi connectivity index (χ1) is 9.63. The van der Waals surface area contributed by atoms with Crippen LogP contribution in [0.25, 0.3) is 0 Å². The van der Waals surface area contributed by atoms with Crippen molar-refractivity contribution in [1.82, 2.24) is 0 Å². The first-order valence-corrected chi connectivity index (χ1v) is 7.36. The van der Waals surface area contributed by atoms with E-state index in [-0.39, 0.29) is 0 Å². The summed E-state index contributed by atoms with van der Waals surface area (Å²) in [6.45, 7) is 4.26. The van der Waals surface area contributed by atoms with Crippen molar-refractivity contribution >= 4 is 5.69 Å². The molecule has 2 unspecified atom stereocenters. The second-order valence-corrected chi connectivity index (χ2v) is 5.69. The lowest BCUT2D eigenvalue weighted by molar-refractivity contribution is 0.394. The van der Waals surface area contributed by atoms with Crippen molar-refractivity contribution in [2.75, 3.05) is 32.2 Å². The molecule has 1 aliphatic heterocycles. The molecule has 2 atom stereocenters. The summed E-state index contributed by atoms with van der Waals surface area (Å²) in [6.07, 6.45) is 3.56. The molecule has 0 saturated carbocycles. The van der Waals surface area contributed by atoms with Gasteiger partial charge >= 0.3 is 0 Å². The SMILES string of the molecule is COc1ccc(N2CCC(CCC(C)N)C2)c(OC)c1. The minimum Gasteiger partial charge on any atom is -0.497 e. The molecule has 4 heteroatoms. The third-order valence-electron chi connectivity index (χ3n) is 4.04. The van der Waals surface area contributed by atoms with Crippen molar-refractivity contribution in [3.05, 3.63) is 18.2 Å². The number of methoxy groups -OCH3 is 2. The van der Waals surface area contributed by atoms with Gasteiger partial charge in [-0.1, -0.05) is 0 Å². The zero-order valence-electron chi connectivity index (χ0n) is 12.8. The molecule has 1 aromatic rings. The average molecular weight is 278 g/mol. The third-order valence-corrected chi connectivity index (χ3v) is 4.04. The van der Waals surface area contributed by atoms with E-state index in [1.807, 2.05) is 12.1 Å². The predicted octanol–water partition coefficient (Wildman–Crippen LogP) is 2.66. The van der Waals surface area contributed by atoms with E-state index in [1.165, 1.54) is 12.8 Å². The maximum Gasteiger partial charge on any atom is 0.145 e. The van der Waals surface area contributed by atoms with Crippen LogP contribution >= 0.6 is 0 Å². The Labute approximate surface area is 121 Å². The number of ether oxygens (including phenoxy) is 2. The minimum absolute atomic E-state index is 0.305. The van der Waals surface area contributed by atoms with Crippen LogP contribution < -0.4 is 20.1 Å². The Bertz CT molecular complexity index is 434. The highest BCUT2D eigenvalue weighted by Crippen LogP contribution is 2.35. The second-order valence-electron chi connectivity index (χ2n) is 5.69. The highest BCUT2D eigenvalue weighted by atomic mass is 16.5. The third kappa shape index (κ3) is 3.57. The minimum atomic E-state index is 0.305. The monoisotopic (exact) mass is 278 g/mol. The molecule has 0 radical (unpaired) electrons. The summed E-state index contributed by atoms with van der Waals surface area (Å²) in [4.78, 5) is 2.41. The molecular weight excluding hydrogens is 252 g/mol. The topological polar surface area (TPSA) is 47.7 Å². The number of benzene rings is 1. The molecular formula is C16H26N2O2. The largest absolute Gasteiger partial charge is 0.497 e. The summed E-state index contributed by atoms with van der Waals surface area (Å²) in [5, 5.41) is 0. The Balaban J connectivity index is 2.02. The molecule has 0 aromatic heterocycles. The van der Waals surface area contributed by atoms with Gasteiger partial charge < -0.3 is 20.1 Å². The van der Waals surface area contributed by atoms with Crippen LogP contribution in [0.2, 0.25) is 0 Å². The molecule has 1 heterocycles. The fraction of sp³-hybridized carbons (Fsp3) is 0.625. The molecule has 112 valence electrons. The molecule has 1 saturated heterocycles. The lowest BCUT2D eigenvalue weighted by Gasteiger charge is -2.22. The van der Waals surface area contributed by atoms with Crippen molar-refractivity contribution in [1.29, 1.82) is 0 Å². The summed E-state index contributed by atoms with van der Waals surface area (Å²) in [5.74, 6) is 2.46. The van der Waals surface area contributed by atoms with Crippen molar-refractivity contribution in [2.45, 2.75) is 32.2 Å². The molecule has 2 N–H and O–H groups in total. The van der Waals surface area contributed by atoms with Crippen LogP contribution in [0.3, 0.4) is 0 Å². The maximum absolute atomic E-state index is 5.85. The average Bonchev–Trinajstić information content (AvgIpc) is 2.93. The van der Waals surface area contributed by atoms with E-state index >= 15 is 0 Å². The molecule has 2 rings (SSSR count). The van der Waals surface area contributed by atoms with E-state index in [4.69, 9.17) is 15.2 Å². The molecule has 1 aromatic carbocycles. The van der Waals surface area contributed by atoms with E-state index in [0.29, 0.717) is 6.04 Å². The molecule has 4 nitrogen and oxygen atoms in total. The van der Waals surface area contributed by atoms with E-state index < -0.39 is 0 Å². The lowest BCUT2D eigenvalue weighted by Crippen LogP contribution is -2.21. The fourth-order valence-electron chi connectivity index (χ4n) is 2.83. The van der Waals surface area contributed by atoms with Gasteiger partial charge in [0.15, 0.2) is 0 Å². The smallest absolute Gasteiger partial charge is 0.145 e. The van der Waals surface area contributed by atoms with Crippen LogP contribution in [0.15, 0.2) is 18.2 Å². The van der Waals surface area contributed by atoms with Gasteiger partial charge in [0.1, 0.15) is 11.5 Å². The van der Waals surface area contributed by atoms with Gasteiger partial charge in [-0.3, -0.25) is 0 Å². The van der Waals surface area contributed by atoms with Gasteiger partial charge in [-0.25, -0.2) is 0 Å². The highest BCUT2D eigenvalue weighted by Gasteiger charge is 2.24. The number of nitrogens with zero attached hydrogens (tertiary/aromatic N) is 1. The second kappa shape index (κ2) is 6.84. The Hall–Kier alpha value is -1.42. The standard InChI is InChI=1S/C16H26N2O2/c1-12(17)4-5-13-8-9-18(11-13)15-7-6-14(19-2)10-16(15)20-3/h6-7,10,12-13H,4-5,8-9,11,17H2,1-3H3. The Morgan fingerprint density at radius 2 is 2.15 bits per heavy atom. The van der Waals surface area contributed by atoms with Crippen LogP contribution in [-0.4, -0.2) is 33.4 Å². The van der Waals surface area contributed by atoms with Gasteiger partial charge in [0.2, 0.25) is 0 Å². The Morgan fingerprint density at radius 3 is 2.80 bits per heavy atom. The molecule has 0 aliphatic carbocycles. The lowest BCUT2D eigenvalue weighted by atomic mass is 10.0. The van der Waals surface area contributed by atoms with Gasteiger partial charge in [-0.15, -0.1) is 0 Å². The molecule has 0 spiro atoms. The first-order valence-electron chi connectivity index (χ1n) is 7.36. The molecule has 1 fully saturated rings. The summed E-state index contributed by atoms with van der Waals surface area (Å²) in [6, 6.07) is 6.34. The highest BCUT2D eigenvalue weighted by molar-refractivity contribution is 5.61. The molecule has 0 bridgehead atoms. The van der Waals surface area contributed by atoms with E-state index in [1.54, 1.807) is 14.2 Å². The Morgan fingerprint density at radius 1 is 1.35 bits per heavy atom.